The van der Waals surface area contributed by atoms with Gasteiger partial charge in [-0.3, -0.25) is 14.9 Å². The first-order valence-corrected chi connectivity index (χ1v) is 8.91. The van der Waals surface area contributed by atoms with Gasteiger partial charge in [0.15, 0.2) is 0 Å². The van der Waals surface area contributed by atoms with Gasteiger partial charge in [0.05, 0.1) is 12.5 Å². The normalized spacial score (nSPS) is 20.5. The number of carbonyl (C=O) groups is 2. The number of hydrogen-bond acceptors (Lipinski definition) is 3. The van der Waals surface area contributed by atoms with Gasteiger partial charge in [0.25, 0.3) is 0 Å². The number of anilines is 1. The van der Waals surface area contributed by atoms with Crippen LogP contribution in [0.4, 0.5) is 5.69 Å². The number of nitrogens with one attached hydrogen (secondary N) is 2. The van der Waals surface area contributed by atoms with E-state index < -0.39 is 0 Å². The molecular weight excluding hydrogens is 302 g/mol. The summed E-state index contributed by atoms with van der Waals surface area (Å²) in [7, 11) is 0. The van der Waals surface area contributed by atoms with E-state index in [1.165, 1.54) is 0 Å². The molecule has 2 amide bonds. The predicted octanol–water partition coefficient (Wildman–Crippen LogP) is 2.48. The van der Waals surface area contributed by atoms with Crippen LogP contribution in [0.25, 0.3) is 0 Å². The van der Waals surface area contributed by atoms with Crippen LogP contribution >= 0.6 is 0 Å². The molecule has 5 heteroatoms. The fraction of sp³-hybridized carbons (Fsp3) is 0.579. The number of hydrogen-bond donors (Lipinski definition) is 2. The number of likely N-dealkylation sites (tertiary alicyclic amines) is 1. The first-order valence-electron chi connectivity index (χ1n) is 8.91. The van der Waals surface area contributed by atoms with Crippen LogP contribution in [-0.4, -0.2) is 35.8 Å². The summed E-state index contributed by atoms with van der Waals surface area (Å²) in [6.45, 7) is 7.99. The summed E-state index contributed by atoms with van der Waals surface area (Å²) in [6, 6.07) is 5.88. The van der Waals surface area contributed by atoms with Gasteiger partial charge in [-0.15, -0.1) is 0 Å². The van der Waals surface area contributed by atoms with E-state index >= 15 is 0 Å². The molecular formula is C19H27N3O2. The van der Waals surface area contributed by atoms with E-state index in [2.05, 4.69) is 30.5 Å². The monoisotopic (exact) mass is 329 g/mol. The number of nitrogens with zero attached hydrogens (tertiary/aromatic N) is 1. The molecule has 130 valence electrons. The molecule has 2 aliphatic rings. The van der Waals surface area contributed by atoms with Crippen molar-refractivity contribution in [2.45, 2.75) is 52.1 Å². The van der Waals surface area contributed by atoms with Gasteiger partial charge in [0.2, 0.25) is 11.8 Å². The van der Waals surface area contributed by atoms with Crippen LogP contribution in [0.5, 0.6) is 0 Å². The topological polar surface area (TPSA) is 61.4 Å². The van der Waals surface area contributed by atoms with Crippen LogP contribution in [0.1, 0.15) is 50.8 Å². The average molecular weight is 329 g/mol. The molecule has 0 spiro atoms. The van der Waals surface area contributed by atoms with Crippen molar-refractivity contribution in [2.24, 2.45) is 5.92 Å². The second-order valence-electron chi connectivity index (χ2n) is 7.26. The highest BCUT2D eigenvalue weighted by molar-refractivity contribution is 5.99. The lowest BCUT2D eigenvalue weighted by molar-refractivity contribution is -0.134. The second kappa shape index (κ2) is 6.93. The Kier molecular flexibility index (Phi) is 4.90. The Labute approximate surface area is 143 Å². The summed E-state index contributed by atoms with van der Waals surface area (Å²) in [4.78, 5) is 26.1. The summed E-state index contributed by atoms with van der Waals surface area (Å²) in [5.41, 5.74) is 3.05. The zero-order chi connectivity index (χ0) is 17.3. The predicted molar refractivity (Wildman–Crippen MR) is 94.8 cm³/mol. The first kappa shape index (κ1) is 17.0. The standard InChI is InChI=1S/C19H27N3O2/c1-12-6-8-22(9-7-12)19(24)14(3)20-13(2)15-4-5-17-16(10-15)11-18(23)21-17/h4-5,10,12-14,20H,6-9,11H2,1-3H3,(H,21,23)/t13-,14-/m1/s1. The van der Waals surface area contributed by atoms with Gasteiger partial charge in [0, 0.05) is 24.8 Å². The van der Waals surface area contributed by atoms with Gasteiger partial charge < -0.3 is 10.2 Å². The molecule has 0 bridgehead atoms. The molecule has 0 saturated carbocycles. The molecule has 2 aliphatic heterocycles. The third-order valence-corrected chi connectivity index (χ3v) is 5.22. The van der Waals surface area contributed by atoms with E-state index in [0.717, 1.165) is 48.7 Å². The maximum Gasteiger partial charge on any atom is 0.239 e. The van der Waals surface area contributed by atoms with Crippen LogP contribution < -0.4 is 10.6 Å². The highest BCUT2D eigenvalue weighted by atomic mass is 16.2. The zero-order valence-corrected chi connectivity index (χ0v) is 14.8. The molecule has 1 aromatic rings. The summed E-state index contributed by atoms with van der Waals surface area (Å²) >= 11 is 0. The molecule has 5 nitrogen and oxygen atoms in total. The van der Waals surface area contributed by atoms with E-state index in [4.69, 9.17) is 0 Å². The van der Waals surface area contributed by atoms with Crippen molar-refractivity contribution in [3.63, 3.8) is 0 Å². The quantitative estimate of drug-likeness (QED) is 0.892. The molecule has 1 fully saturated rings. The van der Waals surface area contributed by atoms with Gasteiger partial charge in [-0.2, -0.15) is 0 Å². The Bertz CT molecular complexity index is 635. The lowest BCUT2D eigenvalue weighted by atomic mass is 9.98. The average Bonchev–Trinajstić information content (AvgIpc) is 2.93. The maximum atomic E-state index is 12.6. The number of piperidine rings is 1. The van der Waals surface area contributed by atoms with E-state index in [1.807, 2.05) is 24.0 Å². The minimum atomic E-state index is -0.207. The van der Waals surface area contributed by atoms with Crippen LogP contribution in [0.3, 0.4) is 0 Å². The molecule has 0 aromatic heterocycles. The van der Waals surface area contributed by atoms with Crippen molar-refractivity contribution in [3.8, 4) is 0 Å². The summed E-state index contributed by atoms with van der Waals surface area (Å²) < 4.78 is 0. The Morgan fingerprint density at radius 3 is 2.71 bits per heavy atom. The van der Waals surface area contributed by atoms with Crippen molar-refractivity contribution in [3.05, 3.63) is 29.3 Å². The summed E-state index contributed by atoms with van der Waals surface area (Å²) in [5, 5.41) is 6.26. The van der Waals surface area contributed by atoms with Gasteiger partial charge in [-0.1, -0.05) is 19.1 Å². The lowest BCUT2D eigenvalue weighted by Crippen LogP contribution is -2.48. The number of fused-ring (bicyclic) bond motifs is 1. The van der Waals surface area contributed by atoms with Gasteiger partial charge in [0.1, 0.15) is 0 Å². The Morgan fingerprint density at radius 1 is 1.29 bits per heavy atom. The highest BCUT2D eigenvalue weighted by Gasteiger charge is 2.26. The molecule has 2 atom stereocenters. The Morgan fingerprint density at radius 2 is 2.00 bits per heavy atom. The van der Waals surface area contributed by atoms with E-state index in [9.17, 15) is 9.59 Å². The lowest BCUT2D eigenvalue weighted by Gasteiger charge is -2.33. The summed E-state index contributed by atoms with van der Waals surface area (Å²) in [6.07, 6.45) is 2.63. The Balaban J connectivity index is 1.60. The smallest absolute Gasteiger partial charge is 0.239 e. The van der Waals surface area contributed by atoms with Crippen molar-refractivity contribution in [1.82, 2.24) is 10.2 Å². The van der Waals surface area contributed by atoms with Crippen LogP contribution in [-0.2, 0) is 16.0 Å². The third kappa shape index (κ3) is 3.61. The SMILES string of the molecule is CC1CCN(C(=O)[C@@H](C)N[C@H](C)c2ccc3c(c2)CC(=O)N3)CC1. The largest absolute Gasteiger partial charge is 0.341 e. The van der Waals surface area contributed by atoms with Gasteiger partial charge in [-0.25, -0.2) is 0 Å². The van der Waals surface area contributed by atoms with Gasteiger partial charge in [-0.05, 0) is 49.8 Å². The van der Waals surface area contributed by atoms with Crippen molar-refractivity contribution in [1.29, 1.82) is 0 Å². The number of rotatable bonds is 4. The minimum Gasteiger partial charge on any atom is -0.341 e. The molecule has 0 aliphatic carbocycles. The molecule has 2 heterocycles. The second-order valence-corrected chi connectivity index (χ2v) is 7.26. The molecule has 0 unspecified atom stereocenters. The fourth-order valence-corrected chi connectivity index (χ4v) is 3.56. The highest BCUT2D eigenvalue weighted by Crippen LogP contribution is 2.26. The fourth-order valence-electron chi connectivity index (χ4n) is 3.56. The molecule has 1 aromatic carbocycles. The molecule has 0 radical (unpaired) electrons. The molecule has 2 N–H and O–H groups in total. The molecule has 3 rings (SSSR count). The van der Waals surface area contributed by atoms with Crippen molar-refractivity contribution in [2.75, 3.05) is 18.4 Å². The van der Waals surface area contributed by atoms with Crippen LogP contribution in [0.2, 0.25) is 0 Å². The Hall–Kier alpha value is -1.88. The maximum absolute atomic E-state index is 12.6. The third-order valence-electron chi connectivity index (χ3n) is 5.22. The zero-order valence-electron chi connectivity index (χ0n) is 14.8. The molecule has 1 saturated heterocycles. The van der Waals surface area contributed by atoms with Crippen molar-refractivity contribution < 1.29 is 9.59 Å². The van der Waals surface area contributed by atoms with E-state index in [-0.39, 0.29) is 23.9 Å². The van der Waals surface area contributed by atoms with Gasteiger partial charge >= 0.3 is 0 Å². The first-order chi connectivity index (χ1) is 11.4. The van der Waals surface area contributed by atoms with Crippen LogP contribution in [0, 0.1) is 5.92 Å². The van der Waals surface area contributed by atoms with E-state index in [1.54, 1.807) is 0 Å². The number of amides is 2. The minimum absolute atomic E-state index is 0.0469. The summed E-state index contributed by atoms with van der Waals surface area (Å²) in [5.74, 6) is 0.955. The van der Waals surface area contributed by atoms with E-state index in [0.29, 0.717) is 6.42 Å². The number of benzene rings is 1. The van der Waals surface area contributed by atoms with Crippen LogP contribution in [0.15, 0.2) is 18.2 Å². The number of carbonyl (C=O) groups excluding carboxylic acids is 2. The van der Waals surface area contributed by atoms with Crippen molar-refractivity contribution >= 4 is 17.5 Å². The molecule has 24 heavy (non-hydrogen) atoms.